The summed E-state index contributed by atoms with van der Waals surface area (Å²) in [5.74, 6) is -0.1000. The SMILES string of the molecule is CC.[C-]#[N+]/C(C#N)=C1\C(=C(C)C)C(=O)c2ccccc21. The number of carbonyl (C=O) groups excluding carboxylic acids is 1. The Balaban J connectivity index is 0.000000956. The van der Waals surface area contributed by atoms with Crippen LogP contribution in [0.5, 0.6) is 0 Å². The Bertz CT molecular complexity index is 674. The zero-order valence-corrected chi connectivity index (χ0v) is 12.1. The van der Waals surface area contributed by atoms with Gasteiger partial charge in [-0.2, -0.15) is 0 Å². The number of hydrogen-bond acceptors (Lipinski definition) is 2. The number of nitrogens with zero attached hydrogens (tertiary/aromatic N) is 2. The Labute approximate surface area is 119 Å². The summed E-state index contributed by atoms with van der Waals surface area (Å²) in [4.78, 5) is 15.5. The normalized spacial score (nSPS) is 14.5. The molecular formula is C17H16N2O. The van der Waals surface area contributed by atoms with Crippen molar-refractivity contribution < 1.29 is 4.79 Å². The van der Waals surface area contributed by atoms with Gasteiger partial charge in [0.25, 0.3) is 5.70 Å². The maximum Gasteiger partial charge on any atom is 0.270 e. The molecule has 20 heavy (non-hydrogen) atoms. The van der Waals surface area contributed by atoms with Gasteiger partial charge in [-0.3, -0.25) is 4.79 Å². The van der Waals surface area contributed by atoms with Crippen molar-refractivity contribution in [2.24, 2.45) is 0 Å². The van der Waals surface area contributed by atoms with Crippen LogP contribution in [0, 0.1) is 17.9 Å². The number of Topliss-reactive ketones (excluding diaryl/α,β-unsaturated/α-hetero) is 1. The molecule has 0 saturated heterocycles. The van der Waals surface area contributed by atoms with E-state index >= 15 is 0 Å². The van der Waals surface area contributed by atoms with Gasteiger partial charge in [0, 0.05) is 16.7 Å². The molecule has 0 bridgehead atoms. The molecule has 1 aliphatic carbocycles. The maximum absolute atomic E-state index is 12.3. The first-order valence-corrected chi connectivity index (χ1v) is 6.45. The number of carbonyl (C=O) groups is 1. The number of hydrogen-bond donors (Lipinski definition) is 0. The van der Waals surface area contributed by atoms with Gasteiger partial charge in [-0.1, -0.05) is 43.7 Å². The molecule has 1 aromatic carbocycles. The average Bonchev–Trinajstić information content (AvgIpc) is 2.77. The van der Waals surface area contributed by atoms with Crippen molar-refractivity contribution in [3.63, 3.8) is 0 Å². The van der Waals surface area contributed by atoms with E-state index in [2.05, 4.69) is 4.85 Å². The highest BCUT2D eigenvalue weighted by Gasteiger charge is 2.32. The standard InChI is InChI=1S/C15H10N2O.C2H6/c1-9(2)13-14(12(8-16)17-3)10-6-4-5-7-11(10)15(13)18;1-2/h4-7H,1-2H3;1-2H3/b14-12-;. The van der Waals surface area contributed by atoms with Crippen molar-refractivity contribution in [1.82, 2.24) is 0 Å². The zero-order chi connectivity index (χ0) is 15.3. The molecule has 0 fully saturated rings. The third-order valence-electron chi connectivity index (χ3n) is 2.87. The zero-order valence-electron chi connectivity index (χ0n) is 12.1. The molecule has 0 spiro atoms. The molecule has 0 atom stereocenters. The molecule has 0 aliphatic heterocycles. The minimum Gasteiger partial charge on any atom is -0.289 e. The molecule has 1 aromatic rings. The first-order valence-electron chi connectivity index (χ1n) is 6.45. The highest BCUT2D eigenvalue weighted by atomic mass is 16.1. The lowest BCUT2D eigenvalue weighted by Gasteiger charge is -2.03. The molecule has 0 heterocycles. The van der Waals surface area contributed by atoms with Gasteiger partial charge in [0.05, 0.1) is 12.6 Å². The van der Waals surface area contributed by atoms with Gasteiger partial charge in [0.1, 0.15) is 0 Å². The van der Waals surface area contributed by atoms with Crippen molar-refractivity contribution in [1.29, 1.82) is 5.26 Å². The quantitative estimate of drug-likeness (QED) is 0.396. The van der Waals surface area contributed by atoms with Crippen LogP contribution in [0.2, 0.25) is 0 Å². The number of fused-ring (bicyclic) bond motifs is 1. The van der Waals surface area contributed by atoms with Crippen LogP contribution >= 0.6 is 0 Å². The minimum atomic E-state index is -0.1000. The molecule has 0 aromatic heterocycles. The molecule has 3 nitrogen and oxygen atoms in total. The summed E-state index contributed by atoms with van der Waals surface area (Å²) in [5.41, 5.74) is 3.02. The summed E-state index contributed by atoms with van der Waals surface area (Å²) < 4.78 is 0. The lowest BCUT2D eigenvalue weighted by Crippen LogP contribution is -1.97. The van der Waals surface area contributed by atoms with Gasteiger partial charge in [-0.25, -0.2) is 10.1 Å². The van der Waals surface area contributed by atoms with E-state index in [1.807, 2.05) is 33.8 Å². The van der Waals surface area contributed by atoms with Gasteiger partial charge in [0.2, 0.25) is 0 Å². The fourth-order valence-corrected chi connectivity index (χ4v) is 2.14. The van der Waals surface area contributed by atoms with Gasteiger partial charge < -0.3 is 0 Å². The summed E-state index contributed by atoms with van der Waals surface area (Å²) >= 11 is 0. The van der Waals surface area contributed by atoms with E-state index in [1.165, 1.54) is 0 Å². The topological polar surface area (TPSA) is 45.2 Å². The van der Waals surface area contributed by atoms with Crippen LogP contribution in [0.25, 0.3) is 10.4 Å². The molecular weight excluding hydrogens is 248 g/mol. The highest BCUT2D eigenvalue weighted by molar-refractivity contribution is 6.27. The van der Waals surface area contributed by atoms with Crippen molar-refractivity contribution in [2.45, 2.75) is 27.7 Å². The number of allylic oxidation sites excluding steroid dienone is 4. The number of ketones is 1. The molecule has 2 rings (SSSR count). The third kappa shape index (κ3) is 2.39. The van der Waals surface area contributed by atoms with Crippen LogP contribution < -0.4 is 0 Å². The predicted molar refractivity (Wildman–Crippen MR) is 79.6 cm³/mol. The summed E-state index contributed by atoms with van der Waals surface area (Å²) in [7, 11) is 0. The van der Waals surface area contributed by atoms with E-state index in [-0.39, 0.29) is 11.5 Å². The van der Waals surface area contributed by atoms with Crippen LogP contribution in [0.3, 0.4) is 0 Å². The number of benzene rings is 1. The van der Waals surface area contributed by atoms with Gasteiger partial charge in [-0.15, -0.1) is 0 Å². The van der Waals surface area contributed by atoms with E-state index in [1.54, 1.807) is 24.3 Å². The summed E-state index contributed by atoms with van der Waals surface area (Å²) in [6.45, 7) is 14.7. The van der Waals surface area contributed by atoms with E-state index in [4.69, 9.17) is 11.8 Å². The molecule has 1 aliphatic rings. The molecule has 0 saturated carbocycles. The fourth-order valence-electron chi connectivity index (χ4n) is 2.14. The Morgan fingerprint density at radius 1 is 1.15 bits per heavy atom. The minimum absolute atomic E-state index is 0.0236. The predicted octanol–water partition coefficient (Wildman–Crippen LogP) is 4.40. The van der Waals surface area contributed by atoms with Gasteiger partial charge in [0.15, 0.2) is 5.78 Å². The van der Waals surface area contributed by atoms with Crippen molar-refractivity contribution in [3.05, 3.63) is 63.7 Å². The lowest BCUT2D eigenvalue weighted by molar-refractivity contribution is 0.104. The Hall–Kier alpha value is -2.65. The Morgan fingerprint density at radius 3 is 2.15 bits per heavy atom. The fraction of sp³-hybridized carbons (Fsp3) is 0.235. The molecule has 3 heteroatoms. The monoisotopic (exact) mass is 264 g/mol. The largest absolute Gasteiger partial charge is 0.289 e. The Kier molecular flexibility index (Phi) is 5.01. The van der Waals surface area contributed by atoms with Gasteiger partial charge in [-0.05, 0) is 19.4 Å². The lowest BCUT2D eigenvalue weighted by atomic mass is 10.00. The maximum atomic E-state index is 12.3. The molecule has 0 amide bonds. The number of nitriles is 1. The van der Waals surface area contributed by atoms with Crippen molar-refractivity contribution in [2.75, 3.05) is 0 Å². The third-order valence-corrected chi connectivity index (χ3v) is 2.87. The van der Waals surface area contributed by atoms with Crippen molar-refractivity contribution in [3.8, 4) is 6.07 Å². The second-order valence-corrected chi connectivity index (χ2v) is 4.20. The second-order valence-electron chi connectivity index (χ2n) is 4.20. The number of rotatable bonds is 0. The Morgan fingerprint density at radius 2 is 1.70 bits per heavy atom. The van der Waals surface area contributed by atoms with Crippen LogP contribution in [0.4, 0.5) is 0 Å². The van der Waals surface area contributed by atoms with E-state index in [9.17, 15) is 4.79 Å². The molecule has 0 radical (unpaired) electrons. The summed E-state index contributed by atoms with van der Waals surface area (Å²) in [6.07, 6.45) is 0. The molecule has 0 unspecified atom stereocenters. The molecule has 0 N–H and O–H groups in total. The van der Waals surface area contributed by atoms with Gasteiger partial charge >= 0.3 is 0 Å². The first-order chi connectivity index (χ1) is 9.61. The average molecular weight is 264 g/mol. The second kappa shape index (κ2) is 6.50. The van der Waals surface area contributed by atoms with Crippen LogP contribution in [-0.4, -0.2) is 5.78 Å². The summed E-state index contributed by atoms with van der Waals surface area (Å²) in [6, 6.07) is 8.98. The highest BCUT2D eigenvalue weighted by Crippen LogP contribution is 2.40. The van der Waals surface area contributed by atoms with Crippen molar-refractivity contribution >= 4 is 11.4 Å². The smallest absolute Gasteiger partial charge is 0.270 e. The van der Waals surface area contributed by atoms with Crippen LogP contribution in [0.15, 0.2) is 41.1 Å². The van der Waals surface area contributed by atoms with Crippen LogP contribution in [-0.2, 0) is 0 Å². The van der Waals surface area contributed by atoms with E-state index in [0.717, 1.165) is 5.57 Å². The van der Waals surface area contributed by atoms with E-state index < -0.39 is 0 Å². The first kappa shape index (κ1) is 15.4. The molecule has 100 valence electrons. The summed E-state index contributed by atoms with van der Waals surface area (Å²) in [5, 5.41) is 9.04. The van der Waals surface area contributed by atoms with Crippen LogP contribution in [0.1, 0.15) is 43.6 Å². The van der Waals surface area contributed by atoms with E-state index in [0.29, 0.717) is 22.3 Å².